The Bertz CT molecular complexity index is 425. The molecule has 0 aliphatic carbocycles. The molecule has 1 aromatic rings. The van der Waals surface area contributed by atoms with Gasteiger partial charge in [0.2, 0.25) is 0 Å². The van der Waals surface area contributed by atoms with Crippen LogP contribution in [0.2, 0.25) is 0 Å². The SMILES string of the molecule is CC(C)(C)N(C(=O)O)[C@@](C)(CO)Cc1ccccc1. The molecule has 0 aliphatic heterocycles. The van der Waals surface area contributed by atoms with Crippen molar-refractivity contribution in [1.82, 2.24) is 4.90 Å². The van der Waals surface area contributed by atoms with Gasteiger partial charge in [-0.2, -0.15) is 0 Å². The van der Waals surface area contributed by atoms with Crippen molar-refractivity contribution in [3.63, 3.8) is 0 Å². The molecule has 0 fully saturated rings. The highest BCUT2D eigenvalue weighted by atomic mass is 16.4. The van der Waals surface area contributed by atoms with Gasteiger partial charge in [0.1, 0.15) is 0 Å². The normalized spacial score (nSPS) is 14.8. The van der Waals surface area contributed by atoms with Gasteiger partial charge in [0.25, 0.3) is 0 Å². The minimum Gasteiger partial charge on any atom is -0.465 e. The number of nitrogens with zero attached hydrogens (tertiary/aromatic N) is 1. The Morgan fingerprint density at radius 1 is 1.16 bits per heavy atom. The number of rotatable bonds is 4. The Morgan fingerprint density at radius 3 is 2.05 bits per heavy atom. The highest BCUT2D eigenvalue weighted by Crippen LogP contribution is 2.28. The number of aliphatic hydroxyl groups excluding tert-OH is 1. The minimum absolute atomic E-state index is 0.217. The molecule has 4 nitrogen and oxygen atoms in total. The Labute approximate surface area is 114 Å². The minimum atomic E-state index is -1.01. The number of aliphatic hydroxyl groups is 1. The fourth-order valence-electron chi connectivity index (χ4n) is 2.57. The van der Waals surface area contributed by atoms with E-state index >= 15 is 0 Å². The molecule has 0 saturated carbocycles. The van der Waals surface area contributed by atoms with Crippen LogP contribution in [0.25, 0.3) is 0 Å². The van der Waals surface area contributed by atoms with Gasteiger partial charge >= 0.3 is 6.09 Å². The first kappa shape index (κ1) is 15.5. The Kier molecular flexibility index (Phi) is 4.58. The molecule has 1 aromatic carbocycles. The summed E-state index contributed by atoms with van der Waals surface area (Å²) in [6, 6.07) is 9.62. The third kappa shape index (κ3) is 3.70. The van der Waals surface area contributed by atoms with Gasteiger partial charge in [-0.3, -0.25) is 4.90 Å². The summed E-state index contributed by atoms with van der Waals surface area (Å²) in [6.07, 6.45) is -0.534. The first-order valence-electron chi connectivity index (χ1n) is 6.39. The molecule has 1 amide bonds. The van der Waals surface area contributed by atoms with Crippen LogP contribution >= 0.6 is 0 Å². The van der Waals surface area contributed by atoms with Gasteiger partial charge < -0.3 is 10.2 Å². The quantitative estimate of drug-likeness (QED) is 0.880. The molecule has 0 unspecified atom stereocenters. The third-order valence-electron chi connectivity index (χ3n) is 3.17. The smallest absolute Gasteiger partial charge is 0.408 e. The Morgan fingerprint density at radius 2 is 1.68 bits per heavy atom. The lowest BCUT2D eigenvalue weighted by Gasteiger charge is -2.46. The third-order valence-corrected chi connectivity index (χ3v) is 3.17. The number of amides is 1. The number of hydrogen-bond donors (Lipinski definition) is 2. The summed E-state index contributed by atoms with van der Waals surface area (Å²) < 4.78 is 0. The molecule has 0 radical (unpaired) electrons. The lowest BCUT2D eigenvalue weighted by atomic mass is 9.88. The predicted molar refractivity (Wildman–Crippen MR) is 75.3 cm³/mol. The van der Waals surface area contributed by atoms with Gasteiger partial charge in [-0.05, 0) is 39.7 Å². The second-order valence-corrected chi connectivity index (χ2v) is 6.11. The highest BCUT2D eigenvalue weighted by Gasteiger charge is 2.41. The van der Waals surface area contributed by atoms with Crippen molar-refractivity contribution in [3.05, 3.63) is 35.9 Å². The summed E-state index contributed by atoms with van der Waals surface area (Å²) in [5, 5.41) is 19.2. The van der Waals surface area contributed by atoms with Crippen molar-refractivity contribution < 1.29 is 15.0 Å². The van der Waals surface area contributed by atoms with E-state index in [1.165, 1.54) is 4.90 Å². The largest absolute Gasteiger partial charge is 0.465 e. The van der Waals surface area contributed by atoms with E-state index < -0.39 is 17.2 Å². The van der Waals surface area contributed by atoms with Crippen LogP contribution in [0.1, 0.15) is 33.3 Å². The maximum atomic E-state index is 11.6. The van der Waals surface area contributed by atoms with E-state index in [9.17, 15) is 15.0 Å². The van der Waals surface area contributed by atoms with Crippen LogP contribution in [-0.2, 0) is 6.42 Å². The van der Waals surface area contributed by atoms with Crippen LogP contribution in [-0.4, -0.2) is 38.9 Å². The summed E-state index contributed by atoms with van der Waals surface area (Å²) in [6.45, 7) is 7.06. The molecule has 1 atom stereocenters. The van der Waals surface area contributed by atoms with E-state index in [4.69, 9.17) is 0 Å². The summed E-state index contributed by atoms with van der Waals surface area (Å²) >= 11 is 0. The number of hydrogen-bond acceptors (Lipinski definition) is 2. The molecule has 0 aromatic heterocycles. The van der Waals surface area contributed by atoms with Crippen molar-refractivity contribution in [2.45, 2.75) is 45.2 Å². The van der Waals surface area contributed by atoms with Crippen LogP contribution in [0.15, 0.2) is 30.3 Å². The number of carboxylic acid groups (broad SMARTS) is 1. The van der Waals surface area contributed by atoms with Crippen LogP contribution in [0, 0.1) is 0 Å². The zero-order valence-corrected chi connectivity index (χ0v) is 12.1. The van der Waals surface area contributed by atoms with Crippen LogP contribution in [0.4, 0.5) is 4.79 Å². The summed E-state index contributed by atoms with van der Waals surface area (Å²) in [5.41, 5.74) is -0.404. The fourth-order valence-corrected chi connectivity index (χ4v) is 2.57. The van der Waals surface area contributed by atoms with E-state index in [0.29, 0.717) is 6.42 Å². The van der Waals surface area contributed by atoms with Gasteiger partial charge in [0, 0.05) is 5.54 Å². The molecule has 0 heterocycles. The van der Waals surface area contributed by atoms with Gasteiger partial charge in [0.05, 0.1) is 12.1 Å². The Balaban J connectivity index is 3.10. The molecule has 4 heteroatoms. The average Bonchev–Trinajstić information content (AvgIpc) is 2.27. The molecule has 2 N–H and O–H groups in total. The van der Waals surface area contributed by atoms with Gasteiger partial charge in [-0.1, -0.05) is 30.3 Å². The van der Waals surface area contributed by atoms with Crippen molar-refractivity contribution in [2.24, 2.45) is 0 Å². The van der Waals surface area contributed by atoms with E-state index in [2.05, 4.69) is 0 Å². The van der Waals surface area contributed by atoms with Crippen molar-refractivity contribution in [1.29, 1.82) is 0 Å². The maximum Gasteiger partial charge on any atom is 0.408 e. The van der Waals surface area contributed by atoms with Crippen LogP contribution in [0.5, 0.6) is 0 Å². The lowest BCUT2D eigenvalue weighted by molar-refractivity contribution is -0.00615. The Hall–Kier alpha value is -1.55. The molecule has 0 aliphatic rings. The van der Waals surface area contributed by atoms with Gasteiger partial charge in [0.15, 0.2) is 0 Å². The highest BCUT2D eigenvalue weighted by molar-refractivity contribution is 5.67. The molecule has 106 valence electrons. The molecule has 0 bridgehead atoms. The zero-order valence-electron chi connectivity index (χ0n) is 12.1. The molecule has 0 spiro atoms. The van der Waals surface area contributed by atoms with E-state index in [0.717, 1.165) is 5.56 Å². The monoisotopic (exact) mass is 265 g/mol. The predicted octanol–water partition coefficient (Wildman–Crippen LogP) is 2.76. The van der Waals surface area contributed by atoms with Crippen molar-refractivity contribution in [2.75, 3.05) is 6.61 Å². The summed E-state index contributed by atoms with van der Waals surface area (Å²) in [5.74, 6) is 0. The second-order valence-electron chi connectivity index (χ2n) is 6.11. The summed E-state index contributed by atoms with van der Waals surface area (Å²) in [4.78, 5) is 12.9. The first-order chi connectivity index (χ1) is 8.70. The van der Waals surface area contributed by atoms with Crippen LogP contribution < -0.4 is 0 Å². The van der Waals surface area contributed by atoms with E-state index in [1.807, 2.05) is 51.1 Å². The van der Waals surface area contributed by atoms with E-state index in [-0.39, 0.29) is 6.61 Å². The molecular formula is C15H23NO3. The first-order valence-corrected chi connectivity index (χ1v) is 6.39. The van der Waals surface area contributed by atoms with Crippen LogP contribution in [0.3, 0.4) is 0 Å². The molecule has 19 heavy (non-hydrogen) atoms. The number of carbonyl (C=O) groups is 1. The van der Waals surface area contributed by atoms with E-state index in [1.54, 1.807) is 6.92 Å². The average molecular weight is 265 g/mol. The molecule has 0 saturated heterocycles. The lowest BCUT2D eigenvalue weighted by Crippen LogP contribution is -2.60. The topological polar surface area (TPSA) is 60.8 Å². The molecule has 1 rings (SSSR count). The van der Waals surface area contributed by atoms with Gasteiger partial charge in [-0.25, -0.2) is 4.79 Å². The van der Waals surface area contributed by atoms with Gasteiger partial charge in [-0.15, -0.1) is 0 Å². The second kappa shape index (κ2) is 5.61. The zero-order chi connectivity index (χ0) is 14.7. The standard InChI is InChI=1S/C15H23NO3/c1-14(2,3)16(13(18)19)15(4,11-17)10-12-8-6-5-7-9-12/h5-9,17H,10-11H2,1-4H3,(H,18,19)/t15-/m1/s1. The maximum absolute atomic E-state index is 11.6. The van der Waals surface area contributed by atoms with Crippen molar-refractivity contribution >= 4 is 6.09 Å². The number of benzene rings is 1. The van der Waals surface area contributed by atoms with Crippen molar-refractivity contribution in [3.8, 4) is 0 Å². The fraction of sp³-hybridized carbons (Fsp3) is 0.533. The molecular weight excluding hydrogens is 242 g/mol. The summed E-state index contributed by atoms with van der Waals surface area (Å²) in [7, 11) is 0.